The molecule has 1 amide bonds. The second-order valence-corrected chi connectivity index (χ2v) is 5.32. The fourth-order valence-electron chi connectivity index (χ4n) is 2.44. The van der Waals surface area contributed by atoms with Crippen LogP contribution < -0.4 is 10.6 Å². The predicted molar refractivity (Wildman–Crippen MR) is 78.8 cm³/mol. The summed E-state index contributed by atoms with van der Waals surface area (Å²) < 4.78 is 14.1. The Labute approximate surface area is 123 Å². The molecule has 0 bridgehead atoms. The van der Waals surface area contributed by atoms with Crippen LogP contribution in [0.25, 0.3) is 0 Å². The summed E-state index contributed by atoms with van der Waals surface area (Å²) in [7, 11) is 0. The molecule has 1 aliphatic rings. The summed E-state index contributed by atoms with van der Waals surface area (Å²) in [5, 5.41) is 0. The zero-order valence-electron chi connectivity index (χ0n) is 12.3. The van der Waals surface area contributed by atoms with Gasteiger partial charge in [0.2, 0.25) is 5.91 Å². The van der Waals surface area contributed by atoms with Crippen LogP contribution >= 0.6 is 0 Å². The van der Waals surface area contributed by atoms with Crippen molar-refractivity contribution in [2.45, 2.75) is 19.9 Å². The van der Waals surface area contributed by atoms with Gasteiger partial charge in [0.15, 0.2) is 5.78 Å². The van der Waals surface area contributed by atoms with Crippen LogP contribution in [0.2, 0.25) is 0 Å². The number of ketones is 1. The molecule has 21 heavy (non-hydrogen) atoms. The van der Waals surface area contributed by atoms with Crippen molar-refractivity contribution >= 4 is 17.4 Å². The highest BCUT2D eigenvalue weighted by Gasteiger charge is 2.24. The maximum atomic E-state index is 14.1. The first kappa shape index (κ1) is 15.4. The molecule has 0 aliphatic carbocycles. The van der Waals surface area contributed by atoms with Gasteiger partial charge < -0.3 is 15.5 Å². The molecule has 114 valence electrons. The van der Waals surface area contributed by atoms with E-state index in [0.717, 1.165) is 0 Å². The largest absolute Gasteiger partial charge is 0.366 e. The van der Waals surface area contributed by atoms with E-state index >= 15 is 0 Å². The van der Waals surface area contributed by atoms with E-state index in [-0.39, 0.29) is 11.7 Å². The molecular weight excluding hydrogens is 273 g/mol. The van der Waals surface area contributed by atoms with E-state index in [1.165, 1.54) is 13.0 Å². The van der Waals surface area contributed by atoms with Gasteiger partial charge in [-0.2, -0.15) is 0 Å². The lowest BCUT2D eigenvalue weighted by Crippen LogP contribution is -2.52. The van der Waals surface area contributed by atoms with Gasteiger partial charge in [-0.3, -0.25) is 9.59 Å². The molecule has 2 rings (SSSR count). The van der Waals surface area contributed by atoms with Crippen molar-refractivity contribution in [3.8, 4) is 0 Å². The van der Waals surface area contributed by atoms with Crippen LogP contribution in [0.4, 0.5) is 10.1 Å². The van der Waals surface area contributed by atoms with Gasteiger partial charge >= 0.3 is 0 Å². The normalized spacial score (nSPS) is 16.8. The highest BCUT2D eigenvalue weighted by molar-refractivity contribution is 5.94. The van der Waals surface area contributed by atoms with E-state index in [9.17, 15) is 14.0 Å². The molecule has 1 aromatic rings. The van der Waals surface area contributed by atoms with Crippen LogP contribution in [0.3, 0.4) is 0 Å². The molecule has 0 saturated carbocycles. The summed E-state index contributed by atoms with van der Waals surface area (Å²) in [5.74, 6) is -0.649. The fourth-order valence-corrected chi connectivity index (χ4v) is 2.44. The maximum absolute atomic E-state index is 14.1. The SMILES string of the molecule is CC(=O)c1ccc(N2CCN(C(=O)C(C)N)CC2)c(F)c1. The average Bonchev–Trinajstić information content (AvgIpc) is 2.46. The summed E-state index contributed by atoms with van der Waals surface area (Å²) in [5.41, 5.74) is 6.41. The number of anilines is 1. The Bertz CT molecular complexity index is 552. The highest BCUT2D eigenvalue weighted by Crippen LogP contribution is 2.22. The number of rotatable bonds is 3. The second kappa shape index (κ2) is 6.22. The first-order chi connectivity index (χ1) is 9.90. The minimum absolute atomic E-state index is 0.0814. The minimum atomic E-state index is -0.511. The quantitative estimate of drug-likeness (QED) is 0.845. The second-order valence-electron chi connectivity index (χ2n) is 5.32. The van der Waals surface area contributed by atoms with Gasteiger partial charge in [-0.1, -0.05) is 0 Å². The summed E-state index contributed by atoms with van der Waals surface area (Å²) >= 11 is 0. The number of nitrogens with zero attached hydrogens (tertiary/aromatic N) is 2. The molecule has 0 aromatic heterocycles. The van der Waals surface area contributed by atoms with Gasteiger partial charge in [0, 0.05) is 31.7 Å². The number of hydrogen-bond donors (Lipinski definition) is 1. The number of nitrogens with two attached hydrogens (primary N) is 1. The van der Waals surface area contributed by atoms with Crippen LogP contribution in [-0.4, -0.2) is 48.8 Å². The number of carbonyl (C=O) groups excluding carboxylic acids is 2. The Balaban J connectivity index is 2.06. The van der Waals surface area contributed by atoms with Gasteiger partial charge in [-0.25, -0.2) is 4.39 Å². The first-order valence-electron chi connectivity index (χ1n) is 7.00. The maximum Gasteiger partial charge on any atom is 0.239 e. The van der Waals surface area contributed by atoms with Gasteiger partial charge in [0.05, 0.1) is 11.7 Å². The Morgan fingerprint density at radius 1 is 1.24 bits per heavy atom. The van der Waals surface area contributed by atoms with Gasteiger partial charge in [0.25, 0.3) is 0 Å². The van der Waals surface area contributed by atoms with E-state index in [1.807, 2.05) is 4.90 Å². The molecule has 1 fully saturated rings. The molecule has 1 saturated heterocycles. The van der Waals surface area contributed by atoms with Crippen molar-refractivity contribution in [2.75, 3.05) is 31.1 Å². The van der Waals surface area contributed by atoms with Crippen molar-refractivity contribution in [3.05, 3.63) is 29.6 Å². The molecule has 6 heteroatoms. The van der Waals surface area contributed by atoms with E-state index in [0.29, 0.717) is 37.4 Å². The van der Waals surface area contributed by atoms with Gasteiger partial charge in [-0.15, -0.1) is 0 Å². The van der Waals surface area contributed by atoms with Crippen LogP contribution in [0.5, 0.6) is 0 Å². The average molecular weight is 293 g/mol. The molecule has 1 aliphatic heterocycles. The van der Waals surface area contributed by atoms with Crippen molar-refractivity contribution < 1.29 is 14.0 Å². The van der Waals surface area contributed by atoms with Crippen LogP contribution in [0.15, 0.2) is 18.2 Å². The zero-order valence-corrected chi connectivity index (χ0v) is 12.3. The Kier molecular flexibility index (Phi) is 4.57. The van der Waals surface area contributed by atoms with Crippen molar-refractivity contribution in [1.82, 2.24) is 4.90 Å². The number of piperazine rings is 1. The number of hydrogen-bond acceptors (Lipinski definition) is 4. The minimum Gasteiger partial charge on any atom is -0.366 e. The van der Waals surface area contributed by atoms with Crippen LogP contribution in [0.1, 0.15) is 24.2 Å². The Hall–Kier alpha value is -1.95. The van der Waals surface area contributed by atoms with E-state index in [4.69, 9.17) is 5.73 Å². The van der Waals surface area contributed by atoms with Gasteiger partial charge in [-0.05, 0) is 32.0 Å². The van der Waals surface area contributed by atoms with E-state index < -0.39 is 11.9 Å². The zero-order chi connectivity index (χ0) is 15.6. The summed E-state index contributed by atoms with van der Waals surface area (Å²) in [6, 6.07) is 4.00. The van der Waals surface area contributed by atoms with E-state index in [1.54, 1.807) is 24.0 Å². The van der Waals surface area contributed by atoms with Crippen LogP contribution in [-0.2, 0) is 4.79 Å². The van der Waals surface area contributed by atoms with Crippen LogP contribution in [0, 0.1) is 5.82 Å². The van der Waals surface area contributed by atoms with Crippen molar-refractivity contribution in [1.29, 1.82) is 0 Å². The molecule has 2 N–H and O–H groups in total. The third-order valence-electron chi connectivity index (χ3n) is 3.68. The lowest BCUT2D eigenvalue weighted by Gasteiger charge is -2.36. The molecule has 0 radical (unpaired) electrons. The van der Waals surface area contributed by atoms with Crippen molar-refractivity contribution in [2.24, 2.45) is 5.73 Å². The molecule has 1 atom stereocenters. The first-order valence-corrected chi connectivity index (χ1v) is 7.00. The Morgan fingerprint density at radius 2 is 1.86 bits per heavy atom. The summed E-state index contributed by atoms with van der Waals surface area (Å²) in [4.78, 5) is 26.6. The number of benzene rings is 1. The smallest absolute Gasteiger partial charge is 0.239 e. The predicted octanol–water partition coefficient (Wildman–Crippen LogP) is 1.02. The lowest BCUT2D eigenvalue weighted by atomic mass is 10.1. The lowest BCUT2D eigenvalue weighted by molar-refractivity contribution is -0.132. The molecule has 1 aromatic carbocycles. The topological polar surface area (TPSA) is 66.6 Å². The standard InChI is InChI=1S/C15H20FN3O2/c1-10(17)15(21)19-7-5-18(6-8-19)14-4-3-12(11(2)20)9-13(14)16/h3-4,9-10H,5-8,17H2,1-2H3. The molecule has 0 spiro atoms. The summed E-state index contributed by atoms with van der Waals surface area (Å²) in [6.45, 7) is 5.22. The molecule has 5 nitrogen and oxygen atoms in total. The number of Topliss-reactive ketones (excluding diaryl/α,β-unsaturated/α-hetero) is 1. The third-order valence-corrected chi connectivity index (χ3v) is 3.68. The number of amides is 1. The molecule has 1 heterocycles. The number of halogens is 1. The molecule has 1 unspecified atom stereocenters. The van der Waals surface area contributed by atoms with Crippen molar-refractivity contribution in [3.63, 3.8) is 0 Å². The van der Waals surface area contributed by atoms with E-state index in [2.05, 4.69) is 0 Å². The number of carbonyl (C=O) groups is 2. The monoisotopic (exact) mass is 293 g/mol. The molecular formula is C15H20FN3O2. The highest BCUT2D eigenvalue weighted by atomic mass is 19.1. The fraction of sp³-hybridized carbons (Fsp3) is 0.467. The summed E-state index contributed by atoms with van der Waals surface area (Å²) in [6.07, 6.45) is 0. The Morgan fingerprint density at radius 3 is 2.33 bits per heavy atom. The third kappa shape index (κ3) is 3.39. The van der Waals surface area contributed by atoms with Gasteiger partial charge in [0.1, 0.15) is 5.82 Å².